The largest absolute Gasteiger partial charge is 0.384 e. The maximum Gasteiger partial charge on any atom is 0.228 e. The third-order valence-electron chi connectivity index (χ3n) is 4.19. The van der Waals surface area contributed by atoms with E-state index in [-0.39, 0.29) is 23.7 Å². The van der Waals surface area contributed by atoms with Crippen molar-refractivity contribution in [1.29, 1.82) is 0 Å². The van der Waals surface area contributed by atoms with Crippen LogP contribution in [0, 0.1) is 17.3 Å². The molecule has 4 nitrogen and oxygen atoms in total. The fourth-order valence-electron chi connectivity index (χ4n) is 2.30. The molecule has 0 aromatic rings. The molecule has 19 heavy (non-hydrogen) atoms. The highest BCUT2D eigenvalue weighted by atomic mass is 35.5. The molecular formula is C14H29ClN2O2. The van der Waals surface area contributed by atoms with Gasteiger partial charge in [0.2, 0.25) is 5.91 Å². The Bertz CT molecular complexity index is 261. The summed E-state index contributed by atoms with van der Waals surface area (Å²) in [6.45, 7) is 9.63. The molecule has 1 fully saturated rings. The molecule has 0 radical (unpaired) electrons. The van der Waals surface area contributed by atoms with Gasteiger partial charge in [-0.1, -0.05) is 20.8 Å². The lowest BCUT2D eigenvalue weighted by Gasteiger charge is -2.36. The standard InChI is InChI=1S/C14H28N2O2.ClH/c1-11(2)12(3)9-16-13(17)14(10-18-4)5-7-15-8-6-14;/h11-12,15H,5-10H2,1-4H3,(H,16,17);1H. The summed E-state index contributed by atoms with van der Waals surface area (Å²) in [4.78, 5) is 12.4. The summed E-state index contributed by atoms with van der Waals surface area (Å²) in [6.07, 6.45) is 1.73. The summed E-state index contributed by atoms with van der Waals surface area (Å²) in [6, 6.07) is 0. The van der Waals surface area contributed by atoms with E-state index in [1.807, 2.05) is 0 Å². The van der Waals surface area contributed by atoms with Gasteiger partial charge in [0.1, 0.15) is 0 Å². The number of nitrogens with one attached hydrogen (secondary N) is 2. The summed E-state index contributed by atoms with van der Waals surface area (Å²) >= 11 is 0. The molecule has 1 heterocycles. The second-order valence-corrected chi connectivity index (χ2v) is 5.89. The normalized spacial score (nSPS) is 19.6. The first kappa shape index (κ1) is 18.7. The maximum atomic E-state index is 12.4. The molecule has 0 aliphatic carbocycles. The van der Waals surface area contributed by atoms with Crippen LogP contribution >= 0.6 is 12.4 Å². The number of carbonyl (C=O) groups is 1. The first-order valence-corrected chi connectivity index (χ1v) is 7.00. The van der Waals surface area contributed by atoms with Gasteiger partial charge in [-0.2, -0.15) is 0 Å². The maximum absolute atomic E-state index is 12.4. The molecule has 0 aromatic carbocycles. The molecular weight excluding hydrogens is 264 g/mol. The van der Waals surface area contributed by atoms with Gasteiger partial charge in [0.05, 0.1) is 12.0 Å². The van der Waals surface area contributed by atoms with E-state index >= 15 is 0 Å². The predicted octanol–water partition coefficient (Wildman–Crippen LogP) is 1.83. The number of hydrogen-bond donors (Lipinski definition) is 2. The zero-order valence-electron chi connectivity index (χ0n) is 12.6. The van der Waals surface area contributed by atoms with E-state index in [4.69, 9.17) is 4.74 Å². The molecule has 114 valence electrons. The van der Waals surface area contributed by atoms with Crippen molar-refractivity contribution in [2.75, 3.05) is 33.4 Å². The Morgan fingerprint density at radius 1 is 1.32 bits per heavy atom. The molecule has 1 atom stereocenters. The highest BCUT2D eigenvalue weighted by molar-refractivity contribution is 5.85. The number of rotatable bonds is 6. The van der Waals surface area contributed by atoms with Crippen molar-refractivity contribution in [3.8, 4) is 0 Å². The summed E-state index contributed by atoms with van der Waals surface area (Å²) in [5, 5.41) is 6.41. The van der Waals surface area contributed by atoms with Crippen molar-refractivity contribution in [2.45, 2.75) is 33.6 Å². The number of methoxy groups -OCH3 is 1. The minimum atomic E-state index is -0.323. The lowest BCUT2D eigenvalue weighted by atomic mass is 9.78. The van der Waals surface area contributed by atoms with Gasteiger partial charge in [-0.3, -0.25) is 4.79 Å². The Balaban J connectivity index is 0.00000324. The third-order valence-corrected chi connectivity index (χ3v) is 4.19. The minimum absolute atomic E-state index is 0. The van der Waals surface area contributed by atoms with Gasteiger partial charge in [-0.05, 0) is 37.8 Å². The smallest absolute Gasteiger partial charge is 0.228 e. The number of hydrogen-bond acceptors (Lipinski definition) is 3. The van der Waals surface area contributed by atoms with Gasteiger partial charge < -0.3 is 15.4 Å². The molecule has 1 amide bonds. The van der Waals surface area contributed by atoms with Gasteiger partial charge in [0, 0.05) is 13.7 Å². The molecule has 1 unspecified atom stereocenters. The zero-order chi connectivity index (χ0) is 13.6. The minimum Gasteiger partial charge on any atom is -0.384 e. The SMILES string of the molecule is COCC1(C(=O)NCC(C)C(C)C)CCNCC1.Cl. The molecule has 0 saturated carbocycles. The molecule has 0 spiro atoms. The second-order valence-electron chi connectivity index (χ2n) is 5.89. The van der Waals surface area contributed by atoms with E-state index in [0.717, 1.165) is 32.5 Å². The van der Waals surface area contributed by atoms with Crippen LogP contribution in [0.3, 0.4) is 0 Å². The van der Waals surface area contributed by atoms with Gasteiger partial charge in [0.15, 0.2) is 0 Å². The highest BCUT2D eigenvalue weighted by Gasteiger charge is 2.39. The Hall–Kier alpha value is -0.320. The monoisotopic (exact) mass is 292 g/mol. The Morgan fingerprint density at radius 2 is 1.89 bits per heavy atom. The number of ether oxygens (including phenoxy) is 1. The van der Waals surface area contributed by atoms with Gasteiger partial charge >= 0.3 is 0 Å². The van der Waals surface area contributed by atoms with Crippen LogP contribution in [0.25, 0.3) is 0 Å². The van der Waals surface area contributed by atoms with E-state index in [1.54, 1.807) is 7.11 Å². The predicted molar refractivity (Wildman–Crippen MR) is 80.7 cm³/mol. The molecule has 5 heteroatoms. The fourth-order valence-corrected chi connectivity index (χ4v) is 2.30. The van der Waals surface area contributed by atoms with Crippen LogP contribution in [-0.2, 0) is 9.53 Å². The van der Waals surface area contributed by atoms with Crippen molar-refractivity contribution in [2.24, 2.45) is 17.3 Å². The first-order chi connectivity index (χ1) is 8.52. The number of halogens is 1. The summed E-state index contributed by atoms with van der Waals surface area (Å²) in [7, 11) is 1.67. The van der Waals surface area contributed by atoms with E-state index in [2.05, 4.69) is 31.4 Å². The number of piperidine rings is 1. The van der Waals surface area contributed by atoms with E-state index in [1.165, 1.54) is 0 Å². The van der Waals surface area contributed by atoms with E-state index in [0.29, 0.717) is 18.4 Å². The van der Waals surface area contributed by atoms with Crippen LogP contribution < -0.4 is 10.6 Å². The third kappa shape index (κ3) is 5.28. The van der Waals surface area contributed by atoms with E-state index in [9.17, 15) is 4.79 Å². The molecule has 1 aliphatic rings. The molecule has 0 aromatic heterocycles. The van der Waals surface area contributed by atoms with Crippen LogP contribution in [0.2, 0.25) is 0 Å². The van der Waals surface area contributed by atoms with E-state index < -0.39 is 0 Å². The molecule has 1 saturated heterocycles. The lowest BCUT2D eigenvalue weighted by molar-refractivity contribution is -0.136. The van der Waals surface area contributed by atoms with Crippen molar-refractivity contribution in [3.63, 3.8) is 0 Å². The molecule has 1 aliphatic heterocycles. The van der Waals surface area contributed by atoms with Crippen molar-refractivity contribution in [1.82, 2.24) is 10.6 Å². The van der Waals surface area contributed by atoms with Crippen LogP contribution in [0.1, 0.15) is 33.6 Å². The Morgan fingerprint density at radius 3 is 2.37 bits per heavy atom. The zero-order valence-corrected chi connectivity index (χ0v) is 13.4. The lowest BCUT2D eigenvalue weighted by Crippen LogP contribution is -2.51. The van der Waals surface area contributed by atoms with Crippen molar-refractivity contribution < 1.29 is 9.53 Å². The fraction of sp³-hybridized carbons (Fsp3) is 0.929. The van der Waals surface area contributed by atoms with Gasteiger partial charge in [0.25, 0.3) is 0 Å². The number of amides is 1. The van der Waals surface area contributed by atoms with Gasteiger partial charge in [-0.15, -0.1) is 12.4 Å². The van der Waals surface area contributed by atoms with Crippen LogP contribution in [0.4, 0.5) is 0 Å². The molecule has 0 bridgehead atoms. The Labute approximate surface area is 123 Å². The molecule has 1 rings (SSSR count). The van der Waals surface area contributed by atoms with Gasteiger partial charge in [-0.25, -0.2) is 0 Å². The summed E-state index contributed by atoms with van der Waals surface area (Å²) in [5.41, 5.74) is -0.323. The second kappa shape index (κ2) is 8.77. The van der Waals surface area contributed by atoms with Crippen molar-refractivity contribution in [3.05, 3.63) is 0 Å². The van der Waals surface area contributed by atoms with Crippen LogP contribution in [0.5, 0.6) is 0 Å². The number of carbonyl (C=O) groups excluding carboxylic acids is 1. The summed E-state index contributed by atoms with van der Waals surface area (Å²) in [5.74, 6) is 1.27. The topological polar surface area (TPSA) is 50.4 Å². The average molecular weight is 293 g/mol. The van der Waals surface area contributed by atoms with Crippen LogP contribution in [-0.4, -0.2) is 39.3 Å². The molecule has 2 N–H and O–H groups in total. The highest BCUT2D eigenvalue weighted by Crippen LogP contribution is 2.29. The van der Waals surface area contributed by atoms with Crippen molar-refractivity contribution >= 4 is 18.3 Å². The quantitative estimate of drug-likeness (QED) is 0.785. The Kier molecular flexibility index (Phi) is 8.62. The first-order valence-electron chi connectivity index (χ1n) is 7.00. The average Bonchev–Trinajstić information content (AvgIpc) is 2.36. The van der Waals surface area contributed by atoms with Crippen LogP contribution in [0.15, 0.2) is 0 Å². The summed E-state index contributed by atoms with van der Waals surface area (Å²) < 4.78 is 5.27.